The van der Waals surface area contributed by atoms with Crippen molar-refractivity contribution in [3.05, 3.63) is 57.0 Å². The number of halogens is 2. The van der Waals surface area contributed by atoms with Gasteiger partial charge in [-0.25, -0.2) is 0 Å². The lowest BCUT2D eigenvalue weighted by molar-refractivity contribution is -0.132. The Bertz CT molecular complexity index is 1020. The quantitative estimate of drug-likeness (QED) is 0.369. The van der Waals surface area contributed by atoms with Crippen LogP contribution in [0, 0.1) is 0 Å². The van der Waals surface area contributed by atoms with Crippen LogP contribution < -0.4 is 14.5 Å². The molecular formula is C20H16BrClN2O4. The van der Waals surface area contributed by atoms with Crippen LogP contribution in [0.25, 0.3) is 6.08 Å². The molecule has 0 radical (unpaired) electrons. The van der Waals surface area contributed by atoms with Crippen LogP contribution in [0.5, 0.6) is 11.5 Å². The van der Waals surface area contributed by atoms with Gasteiger partial charge in [-0.05, 0) is 70.9 Å². The number of rotatable bonds is 4. The number of ether oxygens (including phenoxy) is 2. The van der Waals surface area contributed by atoms with Gasteiger partial charge in [-0.15, -0.1) is 0 Å². The van der Waals surface area contributed by atoms with Gasteiger partial charge in [-0.1, -0.05) is 11.6 Å². The van der Waals surface area contributed by atoms with Crippen molar-refractivity contribution in [2.75, 3.05) is 12.1 Å². The number of methoxy groups -OCH3 is 1. The van der Waals surface area contributed by atoms with Gasteiger partial charge in [0.2, 0.25) is 0 Å². The smallest absolute Gasteiger partial charge is 0.308 e. The van der Waals surface area contributed by atoms with Crippen molar-refractivity contribution >= 4 is 56.9 Å². The first-order valence-electron chi connectivity index (χ1n) is 8.23. The highest BCUT2D eigenvalue weighted by Gasteiger charge is 2.29. The van der Waals surface area contributed by atoms with Crippen LogP contribution >= 0.6 is 27.5 Å². The third-order valence-corrected chi connectivity index (χ3v) is 4.78. The SMILES string of the molecule is COc1cc(/C=C2\C(=O)N(c3ccc(Cl)cc3)N=C2C)cc(Br)c1OC(C)=O. The third kappa shape index (κ3) is 4.10. The molecule has 0 saturated heterocycles. The summed E-state index contributed by atoms with van der Waals surface area (Å²) in [4.78, 5) is 24.1. The summed E-state index contributed by atoms with van der Waals surface area (Å²) in [5, 5.41) is 6.26. The van der Waals surface area contributed by atoms with E-state index in [2.05, 4.69) is 21.0 Å². The molecule has 1 amide bonds. The summed E-state index contributed by atoms with van der Waals surface area (Å²) in [7, 11) is 1.47. The van der Waals surface area contributed by atoms with E-state index in [4.69, 9.17) is 21.1 Å². The normalized spacial score (nSPS) is 15.0. The zero-order valence-electron chi connectivity index (χ0n) is 15.3. The Hall–Kier alpha value is -2.64. The molecule has 2 aromatic rings. The molecule has 6 nitrogen and oxygen atoms in total. The van der Waals surface area contributed by atoms with Crippen LogP contribution in [0.4, 0.5) is 5.69 Å². The second kappa shape index (κ2) is 8.16. The highest BCUT2D eigenvalue weighted by molar-refractivity contribution is 9.10. The molecule has 0 N–H and O–H groups in total. The molecule has 1 heterocycles. The number of hydrogen-bond donors (Lipinski definition) is 0. The van der Waals surface area contributed by atoms with E-state index in [0.29, 0.717) is 37.8 Å². The average Bonchev–Trinajstić information content (AvgIpc) is 2.92. The second-order valence-corrected chi connectivity index (χ2v) is 7.26. The van der Waals surface area contributed by atoms with Crippen LogP contribution in [-0.4, -0.2) is 24.7 Å². The third-order valence-electron chi connectivity index (χ3n) is 3.94. The van der Waals surface area contributed by atoms with Crippen molar-refractivity contribution in [2.45, 2.75) is 13.8 Å². The summed E-state index contributed by atoms with van der Waals surface area (Å²) < 4.78 is 11.0. The van der Waals surface area contributed by atoms with Crippen molar-refractivity contribution in [2.24, 2.45) is 5.10 Å². The van der Waals surface area contributed by atoms with E-state index in [-0.39, 0.29) is 11.7 Å². The van der Waals surface area contributed by atoms with E-state index >= 15 is 0 Å². The number of hydrazone groups is 1. The monoisotopic (exact) mass is 462 g/mol. The molecule has 8 heteroatoms. The molecule has 0 fully saturated rings. The summed E-state index contributed by atoms with van der Waals surface area (Å²) in [5.41, 5.74) is 2.35. The maximum atomic E-state index is 12.9. The van der Waals surface area contributed by atoms with Crippen molar-refractivity contribution in [3.8, 4) is 11.5 Å². The Morgan fingerprint density at radius 3 is 2.54 bits per heavy atom. The van der Waals surface area contributed by atoms with Crippen molar-refractivity contribution < 1.29 is 19.1 Å². The van der Waals surface area contributed by atoms with Gasteiger partial charge in [-0.3, -0.25) is 9.59 Å². The number of amides is 1. The molecule has 0 spiro atoms. The number of carbonyl (C=O) groups excluding carboxylic acids is 2. The second-order valence-electron chi connectivity index (χ2n) is 5.96. The molecule has 144 valence electrons. The lowest BCUT2D eigenvalue weighted by Gasteiger charge is -2.12. The summed E-state index contributed by atoms with van der Waals surface area (Å²) in [6.45, 7) is 3.07. The van der Waals surface area contributed by atoms with Gasteiger partial charge in [0.05, 0.1) is 28.6 Å². The first-order valence-corrected chi connectivity index (χ1v) is 9.40. The number of carbonyl (C=O) groups is 2. The van der Waals surface area contributed by atoms with Gasteiger partial charge >= 0.3 is 5.97 Å². The highest BCUT2D eigenvalue weighted by Crippen LogP contribution is 2.38. The highest BCUT2D eigenvalue weighted by atomic mass is 79.9. The van der Waals surface area contributed by atoms with Crippen molar-refractivity contribution in [3.63, 3.8) is 0 Å². The molecule has 1 aliphatic rings. The summed E-state index contributed by atoms with van der Waals surface area (Å²) in [5.74, 6) is -0.0641. The molecule has 0 unspecified atom stereocenters. The maximum Gasteiger partial charge on any atom is 0.308 e. The Morgan fingerprint density at radius 1 is 1.25 bits per heavy atom. The summed E-state index contributed by atoms with van der Waals surface area (Å²) >= 11 is 9.29. The van der Waals surface area contributed by atoms with Crippen molar-refractivity contribution in [1.29, 1.82) is 0 Å². The minimum atomic E-state index is -0.461. The summed E-state index contributed by atoms with van der Waals surface area (Å²) in [6.07, 6.45) is 1.71. The standard InChI is InChI=1S/C20H16BrClN2O4/c1-11-16(20(26)24(23-11)15-6-4-14(22)5-7-15)8-13-9-17(21)19(28-12(2)25)18(10-13)27-3/h4-10H,1-3H3/b16-8-. The first-order chi connectivity index (χ1) is 13.3. The summed E-state index contributed by atoms with van der Waals surface area (Å²) in [6, 6.07) is 10.3. The van der Waals surface area contributed by atoms with Gasteiger partial charge in [0, 0.05) is 11.9 Å². The molecule has 1 aliphatic heterocycles. The first kappa shape index (κ1) is 20.1. The average molecular weight is 464 g/mol. The molecular weight excluding hydrogens is 448 g/mol. The van der Waals surface area contributed by atoms with E-state index in [1.807, 2.05) is 0 Å². The fourth-order valence-corrected chi connectivity index (χ4v) is 3.34. The van der Waals surface area contributed by atoms with Gasteiger partial charge in [0.1, 0.15) is 0 Å². The van der Waals surface area contributed by atoms with Crippen LogP contribution in [0.1, 0.15) is 19.4 Å². The van der Waals surface area contributed by atoms with E-state index < -0.39 is 5.97 Å². The van der Waals surface area contributed by atoms with Crippen molar-refractivity contribution in [1.82, 2.24) is 0 Å². The maximum absolute atomic E-state index is 12.9. The van der Waals surface area contributed by atoms with Gasteiger partial charge < -0.3 is 9.47 Å². The number of anilines is 1. The number of esters is 1. The minimum absolute atomic E-state index is 0.251. The predicted octanol–water partition coefficient (Wildman–Crippen LogP) is 4.84. The van der Waals surface area contributed by atoms with E-state index in [1.165, 1.54) is 19.0 Å². The molecule has 2 aromatic carbocycles. The molecule has 0 saturated carbocycles. The molecule has 0 bridgehead atoms. The molecule has 0 atom stereocenters. The van der Waals surface area contributed by atoms with Gasteiger partial charge in [0.25, 0.3) is 5.91 Å². The zero-order chi connectivity index (χ0) is 20.4. The number of benzene rings is 2. The Balaban J connectivity index is 1.96. The molecule has 0 aromatic heterocycles. The zero-order valence-corrected chi connectivity index (χ0v) is 17.7. The lowest BCUT2D eigenvalue weighted by Crippen LogP contribution is -2.21. The largest absolute Gasteiger partial charge is 0.493 e. The Morgan fingerprint density at radius 2 is 1.93 bits per heavy atom. The molecule has 28 heavy (non-hydrogen) atoms. The van der Waals surface area contributed by atoms with E-state index in [1.54, 1.807) is 49.4 Å². The Kier molecular flexibility index (Phi) is 5.86. The predicted molar refractivity (Wildman–Crippen MR) is 112 cm³/mol. The lowest BCUT2D eigenvalue weighted by atomic mass is 10.1. The van der Waals surface area contributed by atoms with Gasteiger partial charge in [0.15, 0.2) is 11.5 Å². The van der Waals surface area contributed by atoms with Crippen LogP contribution in [0.3, 0.4) is 0 Å². The number of nitrogens with zero attached hydrogens (tertiary/aromatic N) is 2. The Labute approximate surface area is 175 Å². The van der Waals surface area contributed by atoms with Gasteiger partial charge in [-0.2, -0.15) is 10.1 Å². The van der Waals surface area contributed by atoms with Crippen LogP contribution in [-0.2, 0) is 9.59 Å². The van der Waals surface area contributed by atoms with E-state index in [9.17, 15) is 9.59 Å². The number of hydrogen-bond acceptors (Lipinski definition) is 5. The fraction of sp³-hybridized carbons (Fsp3) is 0.150. The minimum Gasteiger partial charge on any atom is -0.493 e. The van der Waals surface area contributed by atoms with E-state index in [0.717, 1.165) is 0 Å². The fourth-order valence-electron chi connectivity index (χ4n) is 2.67. The molecule has 3 rings (SSSR count). The molecule has 0 aliphatic carbocycles. The topological polar surface area (TPSA) is 68.2 Å². The van der Waals surface area contributed by atoms with Crippen LogP contribution in [0.2, 0.25) is 5.02 Å². The van der Waals surface area contributed by atoms with Crippen LogP contribution in [0.15, 0.2) is 51.5 Å².